The molecular weight excluding hydrogens is 244 g/mol. The van der Waals surface area contributed by atoms with E-state index in [4.69, 9.17) is 14.7 Å². The Morgan fingerprint density at radius 1 is 1.16 bits per heavy atom. The number of hydrogen-bond donors (Lipinski definition) is 0. The first kappa shape index (κ1) is 11.3. The van der Waals surface area contributed by atoms with Gasteiger partial charge in [0.15, 0.2) is 23.5 Å². The molecule has 0 saturated heterocycles. The molecule has 0 amide bonds. The Balaban J connectivity index is 1.92. The molecule has 0 saturated carbocycles. The van der Waals surface area contributed by atoms with Crippen LogP contribution < -0.4 is 14.4 Å². The van der Waals surface area contributed by atoms with Gasteiger partial charge in [-0.25, -0.2) is 0 Å². The highest BCUT2D eigenvalue weighted by Gasteiger charge is 2.14. The zero-order valence-corrected chi connectivity index (χ0v) is 10.2. The molecule has 0 bridgehead atoms. The lowest BCUT2D eigenvalue weighted by molar-refractivity contribution is 0.174. The first-order valence-electron chi connectivity index (χ1n) is 5.65. The predicted molar refractivity (Wildman–Crippen MR) is 67.6 cm³/mol. The highest BCUT2D eigenvalue weighted by molar-refractivity contribution is 5.64. The molecule has 0 radical (unpaired) electrons. The molecule has 0 unspecified atom stereocenters. The van der Waals surface area contributed by atoms with Crippen LogP contribution in [0.1, 0.15) is 0 Å². The van der Waals surface area contributed by atoms with E-state index >= 15 is 0 Å². The largest absolute Gasteiger partial charge is 0.454 e. The number of nitrogens with zero attached hydrogens (tertiary/aromatic N) is 4. The van der Waals surface area contributed by atoms with Gasteiger partial charge in [0.05, 0.1) is 5.69 Å². The standard InChI is InChI=1S/C13H10N4O2/c1-17(7-14)13-5-3-10(15-16-13)9-2-4-11-12(6-9)19-8-18-11/h2-6H,8H2,1H3. The Hall–Kier alpha value is -2.81. The number of fused-ring (bicyclic) bond motifs is 1. The topological polar surface area (TPSA) is 71.3 Å². The van der Waals surface area contributed by atoms with E-state index in [0.29, 0.717) is 17.3 Å². The molecule has 1 aliphatic rings. The van der Waals surface area contributed by atoms with Gasteiger partial charge < -0.3 is 9.47 Å². The monoisotopic (exact) mass is 254 g/mol. The van der Waals surface area contributed by atoms with Gasteiger partial charge in [-0.2, -0.15) is 5.26 Å². The van der Waals surface area contributed by atoms with E-state index in [1.54, 1.807) is 13.1 Å². The van der Waals surface area contributed by atoms with E-state index in [2.05, 4.69) is 10.2 Å². The molecule has 2 aromatic rings. The van der Waals surface area contributed by atoms with Crippen molar-refractivity contribution in [2.75, 3.05) is 18.7 Å². The summed E-state index contributed by atoms with van der Waals surface area (Å²) < 4.78 is 10.6. The van der Waals surface area contributed by atoms with Gasteiger partial charge in [0, 0.05) is 12.6 Å². The van der Waals surface area contributed by atoms with Crippen LogP contribution in [0.25, 0.3) is 11.3 Å². The number of nitriles is 1. The first-order chi connectivity index (χ1) is 9.28. The van der Waals surface area contributed by atoms with Gasteiger partial charge in [0.1, 0.15) is 0 Å². The van der Waals surface area contributed by atoms with Crippen LogP contribution >= 0.6 is 0 Å². The molecule has 0 aliphatic carbocycles. The summed E-state index contributed by atoms with van der Waals surface area (Å²) in [4.78, 5) is 1.34. The van der Waals surface area contributed by atoms with Gasteiger partial charge in [0.2, 0.25) is 6.79 Å². The number of rotatable bonds is 2. The van der Waals surface area contributed by atoms with Gasteiger partial charge in [-0.15, -0.1) is 10.2 Å². The van der Waals surface area contributed by atoms with Crippen molar-refractivity contribution in [2.24, 2.45) is 0 Å². The summed E-state index contributed by atoms with van der Waals surface area (Å²) in [7, 11) is 1.63. The molecule has 2 heterocycles. The number of hydrogen-bond acceptors (Lipinski definition) is 6. The smallest absolute Gasteiger partial charge is 0.231 e. The van der Waals surface area contributed by atoms with Crippen LogP contribution in [-0.4, -0.2) is 24.0 Å². The van der Waals surface area contributed by atoms with Gasteiger partial charge in [0.25, 0.3) is 0 Å². The average molecular weight is 254 g/mol. The first-order valence-corrected chi connectivity index (χ1v) is 5.65. The van der Waals surface area contributed by atoms with E-state index in [1.807, 2.05) is 30.5 Å². The van der Waals surface area contributed by atoms with Crippen LogP contribution in [-0.2, 0) is 0 Å². The third kappa shape index (κ3) is 2.02. The lowest BCUT2D eigenvalue weighted by Gasteiger charge is -2.07. The van der Waals surface area contributed by atoms with Gasteiger partial charge in [-0.05, 0) is 30.3 Å². The summed E-state index contributed by atoms with van der Waals surface area (Å²) >= 11 is 0. The Morgan fingerprint density at radius 3 is 2.74 bits per heavy atom. The zero-order chi connectivity index (χ0) is 13.2. The fourth-order valence-electron chi connectivity index (χ4n) is 1.77. The molecule has 1 aromatic carbocycles. The maximum Gasteiger partial charge on any atom is 0.231 e. The summed E-state index contributed by atoms with van der Waals surface area (Å²) in [5.41, 5.74) is 1.61. The molecule has 1 aliphatic heterocycles. The Labute approximate surface area is 109 Å². The normalized spacial score (nSPS) is 12.0. The van der Waals surface area contributed by atoms with Crippen LogP contribution in [0.2, 0.25) is 0 Å². The van der Waals surface area contributed by atoms with Crippen LogP contribution in [0, 0.1) is 11.5 Å². The minimum absolute atomic E-state index is 0.246. The van der Waals surface area contributed by atoms with E-state index in [9.17, 15) is 0 Å². The molecule has 0 N–H and O–H groups in total. The molecule has 3 rings (SSSR count). The number of anilines is 1. The van der Waals surface area contributed by atoms with Crippen molar-refractivity contribution in [1.29, 1.82) is 5.26 Å². The average Bonchev–Trinajstić information content (AvgIpc) is 2.94. The lowest BCUT2D eigenvalue weighted by Crippen LogP contribution is -2.10. The second-order valence-corrected chi connectivity index (χ2v) is 4.00. The molecule has 1 aromatic heterocycles. The highest BCUT2D eigenvalue weighted by atomic mass is 16.7. The van der Waals surface area contributed by atoms with E-state index in [-0.39, 0.29) is 6.79 Å². The molecule has 0 fully saturated rings. The molecule has 6 nitrogen and oxygen atoms in total. The van der Waals surface area contributed by atoms with E-state index in [0.717, 1.165) is 11.3 Å². The van der Waals surface area contributed by atoms with E-state index < -0.39 is 0 Å². The van der Waals surface area contributed by atoms with Crippen LogP contribution in [0.4, 0.5) is 5.82 Å². The van der Waals surface area contributed by atoms with Gasteiger partial charge >= 0.3 is 0 Å². The third-order valence-corrected chi connectivity index (χ3v) is 2.81. The fourth-order valence-corrected chi connectivity index (χ4v) is 1.77. The highest BCUT2D eigenvalue weighted by Crippen LogP contribution is 2.35. The molecule has 19 heavy (non-hydrogen) atoms. The molecule has 0 atom stereocenters. The fraction of sp³-hybridized carbons (Fsp3) is 0.154. The predicted octanol–water partition coefficient (Wildman–Crippen LogP) is 1.79. The van der Waals surface area contributed by atoms with Crippen molar-refractivity contribution in [1.82, 2.24) is 10.2 Å². The quantitative estimate of drug-likeness (QED) is 0.601. The molecule has 94 valence electrons. The maximum atomic E-state index is 8.76. The van der Waals surface area contributed by atoms with E-state index in [1.165, 1.54) is 4.90 Å². The minimum Gasteiger partial charge on any atom is -0.454 e. The van der Waals surface area contributed by atoms with Crippen LogP contribution in [0.3, 0.4) is 0 Å². The van der Waals surface area contributed by atoms with Crippen LogP contribution in [0.15, 0.2) is 30.3 Å². The lowest BCUT2D eigenvalue weighted by atomic mass is 10.1. The van der Waals surface area contributed by atoms with Crippen molar-refractivity contribution < 1.29 is 9.47 Å². The second-order valence-electron chi connectivity index (χ2n) is 4.00. The number of aromatic nitrogens is 2. The summed E-state index contributed by atoms with van der Waals surface area (Å²) in [6.45, 7) is 0.246. The SMILES string of the molecule is CN(C#N)c1ccc(-c2ccc3c(c2)OCO3)nn1. The Morgan fingerprint density at radius 2 is 2.00 bits per heavy atom. The molecule has 6 heteroatoms. The summed E-state index contributed by atoms with van der Waals surface area (Å²) in [5.74, 6) is 1.95. The Bertz CT molecular complexity index is 649. The van der Waals surface area contributed by atoms with Crippen molar-refractivity contribution in [3.63, 3.8) is 0 Å². The third-order valence-electron chi connectivity index (χ3n) is 2.81. The molecular formula is C13H10N4O2. The van der Waals surface area contributed by atoms with Crippen molar-refractivity contribution >= 4 is 5.82 Å². The van der Waals surface area contributed by atoms with Crippen molar-refractivity contribution in [2.45, 2.75) is 0 Å². The van der Waals surface area contributed by atoms with Gasteiger partial charge in [-0.1, -0.05) is 0 Å². The molecule has 0 spiro atoms. The number of ether oxygens (including phenoxy) is 2. The maximum absolute atomic E-state index is 8.76. The van der Waals surface area contributed by atoms with Gasteiger partial charge in [-0.3, -0.25) is 4.90 Å². The summed E-state index contributed by atoms with van der Waals surface area (Å²) in [6, 6.07) is 9.16. The summed E-state index contributed by atoms with van der Waals surface area (Å²) in [5, 5.41) is 16.9. The van der Waals surface area contributed by atoms with Crippen molar-refractivity contribution in [3.05, 3.63) is 30.3 Å². The zero-order valence-electron chi connectivity index (χ0n) is 10.2. The minimum atomic E-state index is 0.246. The summed E-state index contributed by atoms with van der Waals surface area (Å²) in [6.07, 6.45) is 1.97. The van der Waals surface area contributed by atoms with Crippen molar-refractivity contribution in [3.8, 4) is 28.9 Å². The Kier molecular flexibility index (Phi) is 2.65. The second kappa shape index (κ2) is 4.46. The number of benzene rings is 1. The van der Waals surface area contributed by atoms with Crippen LogP contribution in [0.5, 0.6) is 11.5 Å².